The highest BCUT2D eigenvalue weighted by Gasteiger charge is 2.37. The third-order valence-electron chi connectivity index (χ3n) is 5.77. The summed E-state index contributed by atoms with van der Waals surface area (Å²) in [5.74, 6) is 1.37. The lowest BCUT2D eigenvalue weighted by molar-refractivity contribution is 0.0159. The van der Waals surface area contributed by atoms with E-state index in [9.17, 15) is 4.79 Å². The van der Waals surface area contributed by atoms with Crippen molar-refractivity contribution in [1.82, 2.24) is 14.8 Å². The van der Waals surface area contributed by atoms with Gasteiger partial charge in [0.1, 0.15) is 5.82 Å². The summed E-state index contributed by atoms with van der Waals surface area (Å²) in [5.41, 5.74) is 3.04. The molecular weight excluding hydrogens is 372 g/mol. The van der Waals surface area contributed by atoms with Crippen LogP contribution in [0.5, 0.6) is 0 Å². The van der Waals surface area contributed by atoms with Gasteiger partial charge in [0, 0.05) is 38.9 Å². The lowest BCUT2D eigenvalue weighted by Gasteiger charge is -2.47. The predicted molar refractivity (Wildman–Crippen MR) is 124 cm³/mol. The average molecular weight is 409 g/mol. The summed E-state index contributed by atoms with van der Waals surface area (Å²) in [4.78, 5) is 22.4. The van der Waals surface area contributed by atoms with E-state index in [-0.39, 0.29) is 11.4 Å². The monoisotopic (exact) mass is 408 g/mol. The third kappa shape index (κ3) is 5.60. The van der Waals surface area contributed by atoms with Crippen LogP contribution in [0.3, 0.4) is 0 Å². The molecule has 5 heteroatoms. The van der Waals surface area contributed by atoms with E-state index in [4.69, 9.17) is 0 Å². The minimum absolute atomic E-state index is 0.0651. The molecule has 1 aromatic heterocycles. The smallest absolute Gasteiger partial charge is 0.258 e. The maximum absolute atomic E-state index is 13.5. The van der Waals surface area contributed by atoms with Gasteiger partial charge in [-0.3, -0.25) is 9.69 Å². The summed E-state index contributed by atoms with van der Waals surface area (Å²) in [6, 6.07) is 12.4. The predicted octanol–water partition coefficient (Wildman–Crippen LogP) is 4.58. The van der Waals surface area contributed by atoms with E-state index in [2.05, 4.69) is 74.1 Å². The number of aromatic nitrogens is 1. The lowest BCUT2D eigenvalue weighted by atomic mass is 9.96. The van der Waals surface area contributed by atoms with Gasteiger partial charge >= 0.3 is 0 Å². The third-order valence-corrected chi connectivity index (χ3v) is 5.77. The van der Waals surface area contributed by atoms with Crippen LogP contribution in [0.4, 0.5) is 5.82 Å². The number of piperazine rings is 1. The van der Waals surface area contributed by atoms with E-state index in [1.165, 1.54) is 11.1 Å². The number of carbonyl (C=O) groups excluding carboxylic acids is 1. The molecule has 0 radical (unpaired) electrons. The molecule has 1 saturated heterocycles. The second-order valence-corrected chi connectivity index (χ2v) is 9.48. The number of aryl methyl sites for hydroxylation is 1. The van der Waals surface area contributed by atoms with Crippen molar-refractivity contribution in [2.45, 2.75) is 53.1 Å². The number of carbonyl (C=O) groups is 1. The fourth-order valence-corrected chi connectivity index (χ4v) is 4.18. The molecule has 0 spiro atoms. The van der Waals surface area contributed by atoms with Crippen LogP contribution < -0.4 is 5.32 Å². The fraction of sp³-hybridized carbons (Fsp3) is 0.520. The van der Waals surface area contributed by atoms with Crippen molar-refractivity contribution < 1.29 is 4.79 Å². The number of nitrogens with zero attached hydrogens (tertiary/aromatic N) is 3. The number of amides is 1. The molecule has 0 unspecified atom stereocenters. The molecule has 0 aliphatic carbocycles. The zero-order valence-corrected chi connectivity index (χ0v) is 19.1. The summed E-state index contributed by atoms with van der Waals surface area (Å²) in [7, 11) is 0. The number of rotatable bonds is 7. The Morgan fingerprint density at radius 3 is 2.70 bits per heavy atom. The van der Waals surface area contributed by atoms with Gasteiger partial charge in [0.15, 0.2) is 0 Å². The summed E-state index contributed by atoms with van der Waals surface area (Å²) in [6.45, 7) is 15.0. The molecule has 1 aromatic carbocycles. The van der Waals surface area contributed by atoms with Crippen molar-refractivity contribution in [1.29, 1.82) is 0 Å². The number of benzene rings is 1. The van der Waals surface area contributed by atoms with Crippen LogP contribution in [0.2, 0.25) is 0 Å². The Kier molecular flexibility index (Phi) is 7.14. The second-order valence-electron chi connectivity index (χ2n) is 9.48. The Morgan fingerprint density at radius 1 is 1.20 bits per heavy atom. The van der Waals surface area contributed by atoms with Gasteiger partial charge in [-0.05, 0) is 50.8 Å². The number of hydrogen-bond acceptors (Lipinski definition) is 4. The Bertz CT molecular complexity index is 862. The maximum atomic E-state index is 13.5. The van der Waals surface area contributed by atoms with Crippen LogP contribution in [0.15, 0.2) is 42.6 Å². The van der Waals surface area contributed by atoms with E-state index >= 15 is 0 Å². The molecule has 0 atom stereocenters. The van der Waals surface area contributed by atoms with Gasteiger partial charge in [0.05, 0.1) is 11.1 Å². The van der Waals surface area contributed by atoms with Crippen LogP contribution in [0.1, 0.15) is 55.6 Å². The summed E-state index contributed by atoms with van der Waals surface area (Å²) >= 11 is 0. The Balaban J connectivity index is 1.69. The first-order valence-electron chi connectivity index (χ1n) is 11.0. The molecule has 3 rings (SSSR count). The SMILES string of the molecule is Cc1cccc(CN2CCN(C(=O)c3cccnc3NCCC(C)C)C(C)(C)C2)c1. The first kappa shape index (κ1) is 22.3. The van der Waals surface area contributed by atoms with Crippen LogP contribution >= 0.6 is 0 Å². The van der Waals surface area contributed by atoms with Gasteiger partial charge in [0.2, 0.25) is 0 Å². The van der Waals surface area contributed by atoms with Crippen LogP contribution in [-0.2, 0) is 6.54 Å². The van der Waals surface area contributed by atoms with Gasteiger partial charge in [-0.15, -0.1) is 0 Å². The minimum Gasteiger partial charge on any atom is -0.369 e. The summed E-state index contributed by atoms with van der Waals surface area (Å²) in [5, 5.41) is 3.37. The molecule has 1 N–H and O–H groups in total. The van der Waals surface area contributed by atoms with E-state index in [0.29, 0.717) is 17.3 Å². The van der Waals surface area contributed by atoms with Gasteiger partial charge < -0.3 is 10.2 Å². The quantitative estimate of drug-likeness (QED) is 0.728. The molecule has 2 aromatic rings. The molecular formula is C25H36N4O. The van der Waals surface area contributed by atoms with Gasteiger partial charge in [-0.1, -0.05) is 43.7 Å². The molecule has 5 nitrogen and oxygen atoms in total. The van der Waals surface area contributed by atoms with Gasteiger partial charge in [0.25, 0.3) is 5.91 Å². The first-order chi connectivity index (χ1) is 14.3. The highest BCUT2D eigenvalue weighted by atomic mass is 16.2. The number of pyridine rings is 1. The Labute approximate surface area is 181 Å². The zero-order chi connectivity index (χ0) is 21.7. The van der Waals surface area contributed by atoms with Crippen LogP contribution in [-0.4, -0.2) is 52.4 Å². The molecule has 1 amide bonds. The molecule has 162 valence electrons. The molecule has 2 heterocycles. The van der Waals surface area contributed by atoms with Crippen molar-refractivity contribution in [2.75, 3.05) is 31.5 Å². The van der Waals surface area contributed by atoms with Gasteiger partial charge in [-0.25, -0.2) is 4.98 Å². The number of nitrogens with one attached hydrogen (secondary N) is 1. The van der Waals surface area contributed by atoms with Crippen molar-refractivity contribution in [2.24, 2.45) is 5.92 Å². The Hall–Kier alpha value is -2.40. The summed E-state index contributed by atoms with van der Waals surface area (Å²) < 4.78 is 0. The fourth-order valence-electron chi connectivity index (χ4n) is 4.18. The normalized spacial score (nSPS) is 16.7. The molecule has 30 heavy (non-hydrogen) atoms. The molecule has 0 bridgehead atoms. The van der Waals surface area contributed by atoms with Crippen molar-refractivity contribution >= 4 is 11.7 Å². The van der Waals surface area contributed by atoms with E-state index < -0.39 is 0 Å². The lowest BCUT2D eigenvalue weighted by Crippen LogP contribution is -2.60. The van der Waals surface area contributed by atoms with Crippen molar-refractivity contribution in [3.05, 3.63) is 59.3 Å². The van der Waals surface area contributed by atoms with Crippen molar-refractivity contribution in [3.63, 3.8) is 0 Å². The molecule has 1 fully saturated rings. The zero-order valence-electron chi connectivity index (χ0n) is 19.1. The summed E-state index contributed by atoms with van der Waals surface area (Å²) in [6.07, 6.45) is 2.80. The minimum atomic E-state index is -0.246. The molecule has 1 aliphatic heterocycles. The van der Waals surface area contributed by atoms with E-state index in [0.717, 1.165) is 39.1 Å². The first-order valence-corrected chi connectivity index (χ1v) is 11.0. The largest absolute Gasteiger partial charge is 0.369 e. The van der Waals surface area contributed by atoms with Crippen molar-refractivity contribution in [3.8, 4) is 0 Å². The van der Waals surface area contributed by atoms with Crippen LogP contribution in [0, 0.1) is 12.8 Å². The molecule has 0 saturated carbocycles. The standard InChI is InChI=1S/C25H36N4O/c1-19(2)11-13-27-23-22(10-7-12-26-23)24(30)29-15-14-28(18-25(29,4)5)17-21-9-6-8-20(3)16-21/h6-10,12,16,19H,11,13-15,17-18H2,1-5H3,(H,26,27). The second kappa shape index (κ2) is 9.61. The van der Waals surface area contributed by atoms with E-state index in [1.807, 2.05) is 17.0 Å². The number of anilines is 1. The van der Waals surface area contributed by atoms with Gasteiger partial charge in [-0.2, -0.15) is 0 Å². The highest BCUT2D eigenvalue weighted by molar-refractivity contribution is 5.99. The molecule has 1 aliphatic rings. The van der Waals surface area contributed by atoms with Crippen LogP contribution in [0.25, 0.3) is 0 Å². The topological polar surface area (TPSA) is 48.5 Å². The average Bonchev–Trinajstić information content (AvgIpc) is 2.67. The van der Waals surface area contributed by atoms with E-state index in [1.54, 1.807) is 6.20 Å². The Morgan fingerprint density at radius 2 is 2.00 bits per heavy atom. The highest BCUT2D eigenvalue weighted by Crippen LogP contribution is 2.26. The maximum Gasteiger partial charge on any atom is 0.258 e. The number of hydrogen-bond donors (Lipinski definition) is 1.